The van der Waals surface area contributed by atoms with Crippen LogP contribution >= 0.6 is 0 Å². The predicted molar refractivity (Wildman–Crippen MR) is 83.2 cm³/mol. The number of nitrogens with one attached hydrogen (secondary N) is 1. The Bertz CT molecular complexity index is 604. The lowest BCUT2D eigenvalue weighted by Gasteiger charge is -2.22. The topological polar surface area (TPSA) is 63.5 Å². The van der Waals surface area contributed by atoms with Crippen LogP contribution in [0.25, 0.3) is 0 Å². The van der Waals surface area contributed by atoms with Crippen molar-refractivity contribution >= 4 is 11.8 Å². The Morgan fingerprint density at radius 2 is 2.00 bits per heavy atom. The Balaban J connectivity index is 1.82. The third-order valence-corrected chi connectivity index (χ3v) is 4.58. The minimum Gasteiger partial charge on any atom is -0.355 e. The summed E-state index contributed by atoms with van der Waals surface area (Å²) in [5.41, 5.74) is 0.747. The molecule has 1 N–H and O–H groups in total. The van der Waals surface area contributed by atoms with E-state index in [1.54, 1.807) is 10.8 Å². The zero-order valence-electron chi connectivity index (χ0n) is 12.8. The molecule has 0 radical (unpaired) electrons. The molecule has 1 aromatic rings. The van der Waals surface area contributed by atoms with Crippen LogP contribution in [0.4, 0.5) is 0 Å². The number of pyridine rings is 1. The Labute approximate surface area is 130 Å². The molecular formula is C17H23N3O2. The SMILES string of the molecule is O=C1CC[C@@H](C(=O)n2ccccc2=NC2CCCCC2)CN1. The maximum atomic E-state index is 12.7. The first-order chi connectivity index (χ1) is 10.7. The summed E-state index contributed by atoms with van der Waals surface area (Å²) in [7, 11) is 0. The molecule has 1 saturated carbocycles. The van der Waals surface area contributed by atoms with Crippen LogP contribution < -0.4 is 10.8 Å². The van der Waals surface area contributed by atoms with Crippen LogP contribution in [0.1, 0.15) is 49.7 Å². The zero-order chi connectivity index (χ0) is 15.4. The molecule has 1 atom stereocenters. The van der Waals surface area contributed by atoms with Crippen molar-refractivity contribution in [2.75, 3.05) is 6.54 Å². The van der Waals surface area contributed by atoms with Gasteiger partial charge in [0.2, 0.25) is 11.8 Å². The van der Waals surface area contributed by atoms with Crippen molar-refractivity contribution in [2.45, 2.75) is 51.0 Å². The lowest BCUT2D eigenvalue weighted by atomic mass is 9.96. The first-order valence-corrected chi connectivity index (χ1v) is 8.26. The van der Waals surface area contributed by atoms with Gasteiger partial charge in [-0.3, -0.25) is 19.1 Å². The fourth-order valence-electron chi connectivity index (χ4n) is 3.26. The Hall–Kier alpha value is -1.91. The predicted octanol–water partition coefficient (Wildman–Crippen LogP) is 1.89. The highest BCUT2D eigenvalue weighted by Crippen LogP contribution is 2.19. The average molecular weight is 301 g/mol. The van der Waals surface area contributed by atoms with Crippen LogP contribution in [0.5, 0.6) is 0 Å². The second-order valence-corrected chi connectivity index (χ2v) is 6.23. The summed E-state index contributed by atoms with van der Waals surface area (Å²) < 4.78 is 1.66. The number of carbonyl (C=O) groups is 2. The normalized spacial score (nSPS) is 24.1. The van der Waals surface area contributed by atoms with Gasteiger partial charge in [0.15, 0.2) is 0 Å². The summed E-state index contributed by atoms with van der Waals surface area (Å²) in [5.74, 6) is -0.0743. The van der Waals surface area contributed by atoms with E-state index in [2.05, 4.69) is 5.32 Å². The molecule has 1 aromatic heterocycles. The largest absolute Gasteiger partial charge is 0.355 e. The van der Waals surface area contributed by atoms with Crippen LogP contribution in [0.15, 0.2) is 29.4 Å². The molecule has 1 aliphatic heterocycles. The van der Waals surface area contributed by atoms with Gasteiger partial charge in [-0.1, -0.05) is 25.3 Å². The van der Waals surface area contributed by atoms with Crippen molar-refractivity contribution in [1.82, 2.24) is 9.88 Å². The van der Waals surface area contributed by atoms with Crippen LogP contribution in [0.2, 0.25) is 0 Å². The highest BCUT2D eigenvalue weighted by atomic mass is 16.2. The third kappa shape index (κ3) is 3.46. The molecule has 1 aliphatic carbocycles. The van der Waals surface area contributed by atoms with Gasteiger partial charge >= 0.3 is 0 Å². The molecule has 0 spiro atoms. The van der Waals surface area contributed by atoms with Gasteiger partial charge in [0.05, 0.1) is 12.0 Å². The van der Waals surface area contributed by atoms with Crippen LogP contribution in [-0.4, -0.2) is 29.0 Å². The van der Waals surface area contributed by atoms with Gasteiger partial charge in [0.25, 0.3) is 0 Å². The number of hydrogen-bond donors (Lipinski definition) is 1. The molecule has 2 heterocycles. The molecule has 5 heteroatoms. The van der Waals surface area contributed by atoms with Gasteiger partial charge in [0, 0.05) is 19.2 Å². The van der Waals surface area contributed by atoms with Gasteiger partial charge in [-0.25, -0.2) is 0 Å². The summed E-state index contributed by atoms with van der Waals surface area (Å²) in [6, 6.07) is 6.03. The Morgan fingerprint density at radius 1 is 1.18 bits per heavy atom. The minimum absolute atomic E-state index is 0.0363. The van der Waals surface area contributed by atoms with Gasteiger partial charge in [-0.2, -0.15) is 0 Å². The summed E-state index contributed by atoms with van der Waals surface area (Å²) in [5, 5.41) is 2.78. The van der Waals surface area contributed by atoms with E-state index >= 15 is 0 Å². The van der Waals surface area contributed by atoms with E-state index < -0.39 is 0 Å². The van der Waals surface area contributed by atoms with Crippen LogP contribution in [0, 0.1) is 5.92 Å². The number of piperidine rings is 1. The third-order valence-electron chi connectivity index (χ3n) is 4.58. The maximum Gasteiger partial charge on any atom is 0.237 e. The number of aromatic nitrogens is 1. The monoisotopic (exact) mass is 301 g/mol. The molecule has 5 nitrogen and oxygen atoms in total. The molecule has 0 bridgehead atoms. The molecule has 1 amide bonds. The number of carbonyl (C=O) groups excluding carboxylic acids is 2. The number of nitrogens with zero attached hydrogens (tertiary/aromatic N) is 2. The quantitative estimate of drug-likeness (QED) is 0.906. The van der Waals surface area contributed by atoms with Crippen LogP contribution in [-0.2, 0) is 4.79 Å². The lowest BCUT2D eigenvalue weighted by molar-refractivity contribution is -0.122. The van der Waals surface area contributed by atoms with E-state index in [1.807, 2.05) is 18.2 Å². The molecule has 118 valence electrons. The van der Waals surface area contributed by atoms with Gasteiger partial charge in [0.1, 0.15) is 5.49 Å². The summed E-state index contributed by atoms with van der Waals surface area (Å²) in [6.07, 6.45) is 8.81. The molecule has 0 aromatic carbocycles. The second kappa shape index (κ2) is 6.90. The fraction of sp³-hybridized carbons (Fsp3) is 0.588. The maximum absolute atomic E-state index is 12.7. The second-order valence-electron chi connectivity index (χ2n) is 6.23. The molecular weight excluding hydrogens is 278 g/mol. The molecule has 22 heavy (non-hydrogen) atoms. The molecule has 2 aliphatic rings. The summed E-state index contributed by atoms with van der Waals surface area (Å²) in [4.78, 5) is 28.8. The minimum atomic E-state index is -0.148. The number of rotatable bonds is 2. The van der Waals surface area contributed by atoms with E-state index in [1.165, 1.54) is 19.3 Å². The first kappa shape index (κ1) is 15.0. The molecule has 1 saturated heterocycles. The summed E-state index contributed by atoms with van der Waals surface area (Å²) >= 11 is 0. The number of amides is 1. The van der Waals surface area contributed by atoms with Crippen molar-refractivity contribution in [2.24, 2.45) is 10.9 Å². The fourth-order valence-corrected chi connectivity index (χ4v) is 3.26. The average Bonchev–Trinajstić information content (AvgIpc) is 2.56. The molecule has 3 rings (SSSR count). The van der Waals surface area contributed by atoms with E-state index in [0.717, 1.165) is 18.3 Å². The molecule has 2 fully saturated rings. The zero-order valence-corrected chi connectivity index (χ0v) is 12.8. The van der Waals surface area contributed by atoms with E-state index in [-0.39, 0.29) is 17.7 Å². The highest BCUT2D eigenvalue weighted by Gasteiger charge is 2.25. The van der Waals surface area contributed by atoms with Crippen molar-refractivity contribution in [1.29, 1.82) is 0 Å². The standard InChI is InChI=1S/C17H23N3O2/c21-16-10-9-13(12-18-16)17(22)20-11-5-4-8-15(20)19-14-6-2-1-3-7-14/h4-5,8,11,13-14H,1-3,6-7,9-10,12H2,(H,18,21)/t13-/m1/s1. The van der Waals surface area contributed by atoms with Crippen molar-refractivity contribution < 1.29 is 9.59 Å². The Morgan fingerprint density at radius 3 is 2.73 bits per heavy atom. The lowest BCUT2D eigenvalue weighted by Crippen LogP contribution is -2.42. The van der Waals surface area contributed by atoms with E-state index in [4.69, 9.17) is 4.99 Å². The van der Waals surface area contributed by atoms with E-state index in [0.29, 0.717) is 25.4 Å². The van der Waals surface area contributed by atoms with Crippen molar-refractivity contribution in [3.05, 3.63) is 29.9 Å². The Kier molecular flexibility index (Phi) is 4.71. The van der Waals surface area contributed by atoms with Crippen LogP contribution in [0.3, 0.4) is 0 Å². The summed E-state index contributed by atoms with van der Waals surface area (Å²) in [6.45, 7) is 0.433. The first-order valence-electron chi connectivity index (χ1n) is 8.26. The number of hydrogen-bond acceptors (Lipinski definition) is 3. The molecule has 0 unspecified atom stereocenters. The van der Waals surface area contributed by atoms with Gasteiger partial charge < -0.3 is 5.32 Å². The highest BCUT2D eigenvalue weighted by molar-refractivity contribution is 5.85. The smallest absolute Gasteiger partial charge is 0.237 e. The van der Waals surface area contributed by atoms with Crippen molar-refractivity contribution in [3.63, 3.8) is 0 Å². The van der Waals surface area contributed by atoms with E-state index in [9.17, 15) is 9.59 Å². The van der Waals surface area contributed by atoms with Gasteiger partial charge in [-0.05, 0) is 31.4 Å². The van der Waals surface area contributed by atoms with Crippen molar-refractivity contribution in [3.8, 4) is 0 Å². The van der Waals surface area contributed by atoms with Gasteiger partial charge in [-0.15, -0.1) is 0 Å².